The van der Waals surface area contributed by atoms with Crippen molar-refractivity contribution in [3.8, 4) is 0 Å². The van der Waals surface area contributed by atoms with E-state index < -0.39 is 11.8 Å². The molecule has 0 aliphatic rings. The van der Waals surface area contributed by atoms with Gasteiger partial charge in [-0.3, -0.25) is 0 Å². The zero-order valence-electron chi connectivity index (χ0n) is 11.4. The van der Waals surface area contributed by atoms with Gasteiger partial charge < -0.3 is 10.1 Å². The van der Waals surface area contributed by atoms with Crippen LogP contribution in [0.25, 0.3) is 0 Å². The average molecular weight is 273 g/mol. The second-order valence-corrected chi connectivity index (χ2v) is 4.45. The van der Waals surface area contributed by atoms with Gasteiger partial charge in [-0.25, -0.2) is 9.18 Å². The van der Waals surface area contributed by atoms with Gasteiger partial charge in [0, 0.05) is 6.54 Å². The van der Waals surface area contributed by atoms with E-state index in [9.17, 15) is 9.18 Å². The zero-order valence-corrected chi connectivity index (χ0v) is 11.4. The number of aryl methyl sites for hydroxylation is 1. The molecule has 0 bridgehead atoms. The van der Waals surface area contributed by atoms with Crippen LogP contribution in [-0.4, -0.2) is 13.1 Å². The monoisotopic (exact) mass is 273 g/mol. The van der Waals surface area contributed by atoms with Crippen molar-refractivity contribution in [2.24, 2.45) is 0 Å². The first-order chi connectivity index (χ1) is 9.63. The minimum atomic E-state index is -0.664. The van der Waals surface area contributed by atoms with Gasteiger partial charge in [0.2, 0.25) is 0 Å². The number of rotatable bonds is 4. The Bertz CT molecular complexity index is 611. The summed E-state index contributed by atoms with van der Waals surface area (Å²) >= 11 is 0. The molecule has 0 saturated carbocycles. The van der Waals surface area contributed by atoms with Crippen molar-refractivity contribution in [3.05, 3.63) is 65.0 Å². The SMILES string of the molecule is COC(=O)c1c(C)ccc(NCc2ccccc2)c1F. The second kappa shape index (κ2) is 6.19. The molecule has 2 aromatic rings. The van der Waals surface area contributed by atoms with E-state index in [1.165, 1.54) is 7.11 Å². The van der Waals surface area contributed by atoms with E-state index in [1.54, 1.807) is 19.1 Å². The van der Waals surface area contributed by atoms with E-state index in [0.29, 0.717) is 17.8 Å². The van der Waals surface area contributed by atoms with Crippen molar-refractivity contribution in [1.82, 2.24) is 0 Å². The lowest BCUT2D eigenvalue weighted by atomic mass is 10.1. The molecule has 2 rings (SSSR count). The minimum Gasteiger partial charge on any atom is -0.465 e. The van der Waals surface area contributed by atoms with Crippen LogP contribution in [0.3, 0.4) is 0 Å². The Kier molecular flexibility index (Phi) is 4.35. The number of anilines is 1. The summed E-state index contributed by atoms with van der Waals surface area (Å²) < 4.78 is 18.9. The van der Waals surface area contributed by atoms with Crippen molar-refractivity contribution in [3.63, 3.8) is 0 Å². The molecule has 2 aromatic carbocycles. The first-order valence-electron chi connectivity index (χ1n) is 6.28. The van der Waals surface area contributed by atoms with Crippen LogP contribution in [0.4, 0.5) is 10.1 Å². The number of methoxy groups -OCH3 is 1. The molecule has 1 N–H and O–H groups in total. The summed E-state index contributed by atoms with van der Waals surface area (Å²) in [5, 5.41) is 2.99. The minimum absolute atomic E-state index is 0.0226. The van der Waals surface area contributed by atoms with Crippen molar-refractivity contribution >= 4 is 11.7 Å². The molecule has 20 heavy (non-hydrogen) atoms. The Morgan fingerprint density at radius 1 is 1.20 bits per heavy atom. The van der Waals surface area contributed by atoms with Gasteiger partial charge >= 0.3 is 5.97 Å². The van der Waals surface area contributed by atoms with Gasteiger partial charge in [0.05, 0.1) is 12.8 Å². The van der Waals surface area contributed by atoms with E-state index in [0.717, 1.165) is 5.56 Å². The van der Waals surface area contributed by atoms with Gasteiger partial charge in [-0.15, -0.1) is 0 Å². The molecule has 0 radical (unpaired) electrons. The summed E-state index contributed by atoms with van der Waals surface area (Å²) in [7, 11) is 1.24. The molecule has 0 spiro atoms. The lowest BCUT2D eigenvalue weighted by Crippen LogP contribution is -2.10. The predicted octanol–water partition coefficient (Wildman–Crippen LogP) is 3.53. The summed E-state index contributed by atoms with van der Waals surface area (Å²) in [6.07, 6.45) is 0. The van der Waals surface area contributed by atoms with Crippen molar-refractivity contribution in [1.29, 1.82) is 0 Å². The number of hydrogen-bond acceptors (Lipinski definition) is 3. The second-order valence-electron chi connectivity index (χ2n) is 4.45. The Labute approximate surface area is 117 Å². The van der Waals surface area contributed by atoms with Crippen LogP contribution < -0.4 is 5.32 Å². The summed E-state index contributed by atoms with van der Waals surface area (Å²) in [5.41, 5.74) is 1.86. The van der Waals surface area contributed by atoms with Crippen LogP contribution in [0.1, 0.15) is 21.5 Å². The fourth-order valence-corrected chi connectivity index (χ4v) is 1.95. The summed E-state index contributed by atoms with van der Waals surface area (Å²) in [6, 6.07) is 13.0. The predicted molar refractivity (Wildman–Crippen MR) is 76.2 cm³/mol. The molecule has 4 heteroatoms. The number of halogens is 1. The first kappa shape index (κ1) is 14.1. The van der Waals surface area contributed by atoms with Crippen LogP contribution in [-0.2, 0) is 11.3 Å². The Morgan fingerprint density at radius 2 is 1.90 bits per heavy atom. The zero-order chi connectivity index (χ0) is 14.5. The molecule has 0 aliphatic carbocycles. The first-order valence-corrected chi connectivity index (χ1v) is 6.28. The van der Waals surface area contributed by atoms with Crippen LogP contribution in [0.5, 0.6) is 0 Å². The van der Waals surface area contributed by atoms with Gasteiger partial charge in [0.1, 0.15) is 5.56 Å². The lowest BCUT2D eigenvalue weighted by molar-refractivity contribution is 0.0595. The molecular formula is C16H16FNO2. The Hall–Kier alpha value is -2.36. The van der Waals surface area contributed by atoms with E-state index in [1.807, 2.05) is 30.3 Å². The van der Waals surface area contributed by atoms with E-state index in [-0.39, 0.29) is 5.56 Å². The molecule has 104 valence electrons. The highest BCUT2D eigenvalue weighted by atomic mass is 19.1. The molecule has 3 nitrogen and oxygen atoms in total. The van der Waals surface area contributed by atoms with Crippen LogP contribution >= 0.6 is 0 Å². The smallest absolute Gasteiger partial charge is 0.341 e. The van der Waals surface area contributed by atoms with Crippen molar-refractivity contribution < 1.29 is 13.9 Å². The summed E-state index contributed by atoms with van der Waals surface area (Å²) in [4.78, 5) is 11.6. The van der Waals surface area contributed by atoms with Gasteiger partial charge in [0.15, 0.2) is 5.82 Å². The maximum Gasteiger partial charge on any atom is 0.341 e. The highest BCUT2D eigenvalue weighted by Gasteiger charge is 2.18. The molecule has 0 atom stereocenters. The number of esters is 1. The highest BCUT2D eigenvalue weighted by molar-refractivity contribution is 5.92. The quantitative estimate of drug-likeness (QED) is 0.866. The molecule has 0 unspecified atom stereocenters. The molecule has 0 amide bonds. The van der Waals surface area contributed by atoms with Crippen LogP contribution in [0.15, 0.2) is 42.5 Å². The van der Waals surface area contributed by atoms with Crippen LogP contribution in [0.2, 0.25) is 0 Å². The van der Waals surface area contributed by atoms with Crippen LogP contribution in [0, 0.1) is 12.7 Å². The van der Waals surface area contributed by atoms with Gasteiger partial charge in [-0.05, 0) is 24.1 Å². The van der Waals surface area contributed by atoms with Crippen molar-refractivity contribution in [2.45, 2.75) is 13.5 Å². The Balaban J connectivity index is 2.23. The highest BCUT2D eigenvalue weighted by Crippen LogP contribution is 2.23. The van der Waals surface area contributed by atoms with Crippen molar-refractivity contribution in [2.75, 3.05) is 12.4 Å². The Morgan fingerprint density at radius 3 is 2.55 bits per heavy atom. The number of carbonyl (C=O) groups is 1. The van der Waals surface area contributed by atoms with E-state index >= 15 is 0 Å². The number of ether oxygens (including phenoxy) is 1. The number of benzene rings is 2. The largest absolute Gasteiger partial charge is 0.465 e. The number of carbonyl (C=O) groups excluding carboxylic acids is 1. The summed E-state index contributed by atoms with van der Waals surface area (Å²) in [6.45, 7) is 2.16. The molecule has 0 saturated heterocycles. The third-order valence-electron chi connectivity index (χ3n) is 3.07. The third-order valence-corrected chi connectivity index (χ3v) is 3.07. The van der Waals surface area contributed by atoms with Gasteiger partial charge in [-0.2, -0.15) is 0 Å². The van der Waals surface area contributed by atoms with E-state index in [2.05, 4.69) is 10.1 Å². The summed E-state index contributed by atoms with van der Waals surface area (Å²) in [5.74, 6) is -1.24. The molecule has 0 heterocycles. The maximum absolute atomic E-state index is 14.3. The fourth-order valence-electron chi connectivity index (χ4n) is 1.95. The van der Waals surface area contributed by atoms with Gasteiger partial charge in [-0.1, -0.05) is 36.4 Å². The molecule has 0 aromatic heterocycles. The average Bonchev–Trinajstić information content (AvgIpc) is 2.47. The topological polar surface area (TPSA) is 38.3 Å². The number of hydrogen-bond donors (Lipinski definition) is 1. The third kappa shape index (κ3) is 2.96. The molecular weight excluding hydrogens is 257 g/mol. The normalized spacial score (nSPS) is 10.2. The van der Waals surface area contributed by atoms with Gasteiger partial charge in [0.25, 0.3) is 0 Å². The fraction of sp³-hybridized carbons (Fsp3) is 0.188. The molecule has 0 aliphatic heterocycles. The lowest BCUT2D eigenvalue weighted by Gasteiger charge is -2.12. The number of nitrogens with one attached hydrogen (secondary N) is 1. The molecule has 0 fully saturated rings. The standard InChI is InChI=1S/C16H16FNO2/c1-11-8-9-13(15(17)14(11)16(19)20-2)18-10-12-6-4-3-5-7-12/h3-9,18H,10H2,1-2H3. The van der Waals surface area contributed by atoms with E-state index in [4.69, 9.17) is 0 Å². The maximum atomic E-state index is 14.3.